The second-order valence-electron chi connectivity index (χ2n) is 10.7. The molecule has 1 saturated heterocycles. The number of nitrogens with one attached hydrogen (secondary N) is 1. The summed E-state index contributed by atoms with van der Waals surface area (Å²) in [7, 11) is 0. The Labute approximate surface area is 223 Å². The molecule has 1 aliphatic carbocycles. The second-order valence-corrected chi connectivity index (χ2v) is 10.7. The van der Waals surface area contributed by atoms with Crippen LogP contribution >= 0.6 is 0 Å². The van der Waals surface area contributed by atoms with Gasteiger partial charge in [-0.2, -0.15) is 0 Å². The maximum Gasteiger partial charge on any atom is 0.309 e. The van der Waals surface area contributed by atoms with E-state index in [1.54, 1.807) is 18.2 Å². The molecule has 0 bridgehead atoms. The molecular formula is C31H36FN3O3. The highest BCUT2D eigenvalue weighted by atomic mass is 19.1. The minimum Gasteiger partial charge on any atom is -0.458 e. The minimum absolute atomic E-state index is 0.0167. The molecule has 2 aromatic carbocycles. The normalized spacial score (nSPS) is 20.7. The molecule has 0 amide bonds. The summed E-state index contributed by atoms with van der Waals surface area (Å²) in [4.78, 5) is 17.0. The van der Waals surface area contributed by atoms with E-state index in [0.717, 1.165) is 34.0 Å². The monoisotopic (exact) mass is 517 g/mol. The molecule has 2 heterocycles. The lowest BCUT2D eigenvalue weighted by atomic mass is 9.95. The van der Waals surface area contributed by atoms with Crippen molar-refractivity contribution < 1.29 is 19.0 Å². The Morgan fingerprint density at radius 1 is 1.11 bits per heavy atom. The van der Waals surface area contributed by atoms with E-state index in [1.165, 1.54) is 44.2 Å². The molecule has 2 aliphatic rings. The Hall–Kier alpha value is -3.45. The van der Waals surface area contributed by atoms with Crippen molar-refractivity contribution in [3.63, 3.8) is 0 Å². The number of nitrogens with zero attached hydrogens (tertiary/aromatic N) is 2. The minimum atomic E-state index is -0.718. The SMILES string of the molecule is CC(C)c1nc(-c2cccc(NC3CCCCC3)c2)c(-c2ccc(F)cc2)n1C=CC1CC(O)CC(=O)O1. The number of aromatic nitrogens is 2. The van der Waals surface area contributed by atoms with Crippen molar-refractivity contribution >= 4 is 17.9 Å². The number of hydrogen-bond donors (Lipinski definition) is 2. The zero-order chi connectivity index (χ0) is 26.6. The number of aliphatic hydroxyl groups excluding tert-OH is 1. The number of anilines is 1. The van der Waals surface area contributed by atoms with Gasteiger partial charge in [0.2, 0.25) is 0 Å². The molecule has 0 spiro atoms. The summed E-state index contributed by atoms with van der Waals surface area (Å²) in [5, 5.41) is 13.8. The first-order valence-corrected chi connectivity index (χ1v) is 13.7. The van der Waals surface area contributed by atoms with Crippen molar-refractivity contribution in [2.75, 3.05) is 5.32 Å². The van der Waals surface area contributed by atoms with E-state index in [9.17, 15) is 14.3 Å². The van der Waals surface area contributed by atoms with Crippen LogP contribution < -0.4 is 5.32 Å². The van der Waals surface area contributed by atoms with Gasteiger partial charge in [0.15, 0.2) is 0 Å². The molecule has 38 heavy (non-hydrogen) atoms. The van der Waals surface area contributed by atoms with Crippen LogP contribution in [0.5, 0.6) is 0 Å². The zero-order valence-electron chi connectivity index (χ0n) is 22.1. The number of aliphatic hydroxyl groups is 1. The summed E-state index contributed by atoms with van der Waals surface area (Å²) in [6.45, 7) is 4.16. The lowest BCUT2D eigenvalue weighted by molar-refractivity contribution is -0.156. The Kier molecular flexibility index (Phi) is 7.93. The van der Waals surface area contributed by atoms with Crippen molar-refractivity contribution in [2.45, 2.75) is 83.0 Å². The highest BCUT2D eigenvalue weighted by Gasteiger charge is 2.26. The van der Waals surface area contributed by atoms with Crippen LogP contribution in [0.4, 0.5) is 10.1 Å². The Morgan fingerprint density at radius 3 is 2.58 bits per heavy atom. The van der Waals surface area contributed by atoms with Crippen LogP contribution in [0.2, 0.25) is 0 Å². The molecule has 1 saturated carbocycles. The van der Waals surface area contributed by atoms with Gasteiger partial charge < -0.3 is 19.7 Å². The topological polar surface area (TPSA) is 76.4 Å². The maximum absolute atomic E-state index is 13.9. The number of cyclic esters (lactones) is 1. The molecule has 6 nitrogen and oxygen atoms in total. The van der Waals surface area contributed by atoms with Gasteiger partial charge in [0.25, 0.3) is 0 Å². The molecule has 0 radical (unpaired) electrons. The van der Waals surface area contributed by atoms with Crippen molar-refractivity contribution in [3.05, 3.63) is 66.2 Å². The van der Waals surface area contributed by atoms with Gasteiger partial charge in [-0.3, -0.25) is 4.79 Å². The van der Waals surface area contributed by atoms with Crippen molar-refractivity contribution in [3.8, 4) is 22.5 Å². The quantitative estimate of drug-likeness (QED) is 0.339. The molecule has 2 N–H and O–H groups in total. The maximum atomic E-state index is 13.9. The summed E-state index contributed by atoms with van der Waals surface area (Å²) >= 11 is 0. The standard InChI is InChI=1S/C31H36FN3O3/c1-20(2)31-34-29(22-7-6-10-25(17-22)33-24-8-4-3-5-9-24)30(21-11-13-23(32)14-12-21)35(31)16-15-27-18-26(36)19-28(37)38-27/h6-7,10-17,20,24,26-27,33,36H,3-5,8-9,18-19H2,1-2H3. The fraction of sp³-hybridized carbons (Fsp3) is 0.419. The van der Waals surface area contributed by atoms with Crippen molar-refractivity contribution in [1.29, 1.82) is 0 Å². The van der Waals surface area contributed by atoms with E-state index in [0.29, 0.717) is 12.5 Å². The smallest absolute Gasteiger partial charge is 0.309 e. The van der Waals surface area contributed by atoms with E-state index >= 15 is 0 Å². The van der Waals surface area contributed by atoms with Gasteiger partial charge in [-0.1, -0.05) is 45.2 Å². The third-order valence-electron chi connectivity index (χ3n) is 7.32. The van der Waals surface area contributed by atoms with Gasteiger partial charge in [0.05, 0.1) is 23.9 Å². The predicted octanol–water partition coefficient (Wildman–Crippen LogP) is 6.76. The lowest BCUT2D eigenvalue weighted by Crippen LogP contribution is -2.31. The molecule has 1 aromatic heterocycles. The number of rotatable bonds is 7. The van der Waals surface area contributed by atoms with E-state index in [2.05, 4.69) is 37.4 Å². The summed E-state index contributed by atoms with van der Waals surface area (Å²) in [6.07, 6.45) is 8.97. The van der Waals surface area contributed by atoms with E-state index in [4.69, 9.17) is 9.72 Å². The average molecular weight is 518 g/mol. The molecule has 1 aliphatic heterocycles. The zero-order valence-corrected chi connectivity index (χ0v) is 22.1. The fourth-order valence-corrected chi connectivity index (χ4v) is 5.44. The third-order valence-corrected chi connectivity index (χ3v) is 7.32. The van der Waals surface area contributed by atoms with Crippen LogP contribution in [-0.2, 0) is 9.53 Å². The summed E-state index contributed by atoms with van der Waals surface area (Å²) in [5.41, 5.74) is 4.51. The van der Waals surface area contributed by atoms with Gasteiger partial charge in [-0.25, -0.2) is 9.37 Å². The Morgan fingerprint density at radius 2 is 1.87 bits per heavy atom. The first-order chi connectivity index (χ1) is 18.4. The molecule has 2 atom stereocenters. The number of hydrogen-bond acceptors (Lipinski definition) is 5. The molecule has 2 fully saturated rings. The first-order valence-electron chi connectivity index (χ1n) is 13.7. The van der Waals surface area contributed by atoms with Gasteiger partial charge in [-0.15, -0.1) is 0 Å². The number of halogens is 1. The van der Waals surface area contributed by atoms with Crippen LogP contribution in [-0.4, -0.2) is 38.9 Å². The van der Waals surface area contributed by atoms with E-state index in [-0.39, 0.29) is 18.2 Å². The summed E-state index contributed by atoms with van der Waals surface area (Å²) < 4.78 is 21.3. The van der Waals surface area contributed by atoms with Crippen LogP contribution in [0, 0.1) is 5.82 Å². The van der Waals surface area contributed by atoms with Crippen LogP contribution in [0.15, 0.2) is 54.6 Å². The number of imidazole rings is 1. The Bertz CT molecular complexity index is 1290. The van der Waals surface area contributed by atoms with Gasteiger partial charge in [0, 0.05) is 41.4 Å². The van der Waals surface area contributed by atoms with Crippen LogP contribution in [0.25, 0.3) is 28.7 Å². The first kappa shape index (κ1) is 26.2. The van der Waals surface area contributed by atoms with Gasteiger partial charge >= 0.3 is 5.97 Å². The number of carbonyl (C=O) groups is 1. The average Bonchev–Trinajstić information content (AvgIpc) is 3.28. The molecule has 3 aromatic rings. The molecule has 5 rings (SSSR count). The van der Waals surface area contributed by atoms with Crippen molar-refractivity contribution in [2.24, 2.45) is 0 Å². The molecule has 200 valence electrons. The fourth-order valence-electron chi connectivity index (χ4n) is 5.44. The summed E-state index contributed by atoms with van der Waals surface area (Å²) in [5.74, 6) is 0.220. The Balaban J connectivity index is 1.58. The highest BCUT2D eigenvalue weighted by molar-refractivity contribution is 5.82. The number of esters is 1. The van der Waals surface area contributed by atoms with Crippen LogP contribution in [0.3, 0.4) is 0 Å². The third kappa shape index (κ3) is 5.99. The summed E-state index contributed by atoms with van der Waals surface area (Å²) in [6, 6.07) is 15.2. The van der Waals surface area contributed by atoms with Gasteiger partial charge in [0.1, 0.15) is 17.7 Å². The number of benzene rings is 2. The van der Waals surface area contributed by atoms with E-state index in [1.807, 2.05) is 16.8 Å². The molecular weight excluding hydrogens is 481 g/mol. The predicted molar refractivity (Wildman–Crippen MR) is 148 cm³/mol. The van der Waals surface area contributed by atoms with E-state index < -0.39 is 18.2 Å². The number of ether oxygens (including phenoxy) is 1. The van der Waals surface area contributed by atoms with Crippen molar-refractivity contribution in [1.82, 2.24) is 9.55 Å². The molecule has 7 heteroatoms. The molecule has 2 unspecified atom stereocenters. The highest BCUT2D eigenvalue weighted by Crippen LogP contribution is 2.37. The number of carbonyl (C=O) groups excluding carboxylic acids is 1. The second kappa shape index (κ2) is 11.5. The lowest BCUT2D eigenvalue weighted by Gasteiger charge is -2.24. The largest absolute Gasteiger partial charge is 0.458 e. The van der Waals surface area contributed by atoms with Crippen LogP contribution in [0.1, 0.15) is 70.5 Å². The van der Waals surface area contributed by atoms with Gasteiger partial charge in [-0.05, 0) is 55.3 Å².